The minimum Gasteiger partial charge on any atom is -0.396 e. The predicted octanol–water partition coefficient (Wildman–Crippen LogP) is 2.01. The lowest BCUT2D eigenvalue weighted by molar-refractivity contribution is 0.289. The monoisotopic (exact) mass is 278 g/mol. The summed E-state index contributed by atoms with van der Waals surface area (Å²) in [6, 6.07) is 5.40. The molecule has 102 valence electrons. The van der Waals surface area contributed by atoms with Gasteiger partial charge >= 0.3 is 0 Å². The van der Waals surface area contributed by atoms with E-state index in [1.807, 2.05) is 19.1 Å². The van der Waals surface area contributed by atoms with E-state index < -0.39 is 0 Å². The molecule has 0 amide bonds. The van der Waals surface area contributed by atoms with Crippen molar-refractivity contribution in [2.75, 3.05) is 6.61 Å². The molecule has 0 spiro atoms. The zero-order valence-corrected chi connectivity index (χ0v) is 12.0. The van der Waals surface area contributed by atoms with Gasteiger partial charge in [-0.05, 0) is 25.0 Å². The Hall–Kier alpha value is -1.33. The lowest BCUT2D eigenvalue weighted by atomic mass is 10.3. The van der Waals surface area contributed by atoms with Gasteiger partial charge in [0.1, 0.15) is 5.65 Å². The number of thioether (sulfide) groups is 1. The summed E-state index contributed by atoms with van der Waals surface area (Å²) in [7, 11) is 0. The highest BCUT2D eigenvalue weighted by atomic mass is 32.2. The Morgan fingerprint density at radius 1 is 1.47 bits per heavy atom. The van der Waals surface area contributed by atoms with Crippen molar-refractivity contribution in [3.05, 3.63) is 46.0 Å². The van der Waals surface area contributed by atoms with E-state index >= 15 is 0 Å². The van der Waals surface area contributed by atoms with Crippen LogP contribution in [0.25, 0.3) is 5.65 Å². The molecule has 0 aliphatic heterocycles. The van der Waals surface area contributed by atoms with E-state index in [0.717, 1.165) is 17.7 Å². The summed E-state index contributed by atoms with van der Waals surface area (Å²) < 4.78 is 1.57. The number of rotatable bonds is 5. The van der Waals surface area contributed by atoms with Gasteiger partial charge in [0.05, 0.1) is 5.69 Å². The maximum absolute atomic E-state index is 12.0. The van der Waals surface area contributed by atoms with Crippen LogP contribution in [0.15, 0.2) is 29.2 Å². The van der Waals surface area contributed by atoms with Crippen LogP contribution >= 0.6 is 11.8 Å². The summed E-state index contributed by atoms with van der Waals surface area (Å²) in [4.78, 5) is 16.5. The second-order valence-corrected chi connectivity index (χ2v) is 6.08. The van der Waals surface area contributed by atoms with Gasteiger partial charge in [-0.1, -0.05) is 13.0 Å². The van der Waals surface area contributed by atoms with Gasteiger partial charge in [-0.3, -0.25) is 9.20 Å². The number of aliphatic hydroxyl groups excluding tert-OH is 1. The number of nitrogens with zero attached hydrogens (tertiary/aromatic N) is 2. The summed E-state index contributed by atoms with van der Waals surface area (Å²) in [5, 5.41) is 9.23. The van der Waals surface area contributed by atoms with Crippen molar-refractivity contribution >= 4 is 17.4 Å². The zero-order valence-electron chi connectivity index (χ0n) is 11.2. The summed E-state index contributed by atoms with van der Waals surface area (Å²) >= 11 is 1.70. The van der Waals surface area contributed by atoms with E-state index in [0.29, 0.717) is 16.6 Å². The largest absolute Gasteiger partial charge is 0.396 e. The number of hydrogen-bond donors (Lipinski definition) is 1. The van der Waals surface area contributed by atoms with Crippen LogP contribution in [0.5, 0.6) is 0 Å². The molecule has 1 atom stereocenters. The third-order valence-corrected chi connectivity index (χ3v) is 4.18. The third kappa shape index (κ3) is 3.58. The minimum atomic E-state index is -0.0425. The first kappa shape index (κ1) is 14.1. The van der Waals surface area contributed by atoms with Crippen LogP contribution in [0.2, 0.25) is 0 Å². The molecule has 0 fully saturated rings. The fraction of sp³-hybridized carbons (Fsp3) is 0.429. The smallest absolute Gasteiger partial charge is 0.258 e. The summed E-state index contributed by atoms with van der Waals surface area (Å²) in [5.41, 5.74) is 2.47. The SMILES string of the molecule is Cc1ccc2nc(CSC(C)CCO)cc(=O)n2c1. The van der Waals surface area contributed by atoms with Crippen LogP contribution in [0.1, 0.15) is 24.6 Å². The molecular formula is C14H18N2O2S. The maximum Gasteiger partial charge on any atom is 0.258 e. The van der Waals surface area contributed by atoms with Crippen LogP contribution in [0, 0.1) is 6.92 Å². The van der Waals surface area contributed by atoms with Crippen molar-refractivity contribution in [2.24, 2.45) is 0 Å². The fourth-order valence-electron chi connectivity index (χ4n) is 1.82. The molecule has 5 heteroatoms. The quantitative estimate of drug-likeness (QED) is 0.909. The van der Waals surface area contributed by atoms with E-state index in [-0.39, 0.29) is 12.2 Å². The molecule has 0 aromatic carbocycles. The average Bonchev–Trinajstić information content (AvgIpc) is 2.38. The van der Waals surface area contributed by atoms with E-state index in [1.165, 1.54) is 0 Å². The summed E-state index contributed by atoms with van der Waals surface area (Å²) in [5.74, 6) is 0.695. The molecule has 2 rings (SSSR count). The molecule has 0 bridgehead atoms. The highest BCUT2D eigenvalue weighted by molar-refractivity contribution is 7.99. The number of aromatic nitrogens is 2. The van der Waals surface area contributed by atoms with Gasteiger partial charge in [0.25, 0.3) is 5.56 Å². The Morgan fingerprint density at radius 2 is 2.26 bits per heavy atom. The number of fused-ring (bicyclic) bond motifs is 1. The van der Waals surface area contributed by atoms with E-state index in [1.54, 1.807) is 28.4 Å². The molecule has 0 aliphatic carbocycles. The van der Waals surface area contributed by atoms with Crippen molar-refractivity contribution in [3.8, 4) is 0 Å². The molecule has 1 N–H and O–H groups in total. The molecular weight excluding hydrogens is 260 g/mol. The Balaban J connectivity index is 2.21. The molecule has 0 saturated carbocycles. The second kappa shape index (κ2) is 6.21. The molecule has 2 aromatic rings. The first-order valence-corrected chi connectivity index (χ1v) is 7.36. The van der Waals surface area contributed by atoms with Crippen LogP contribution in [0.4, 0.5) is 0 Å². The topological polar surface area (TPSA) is 54.6 Å². The third-order valence-electron chi connectivity index (χ3n) is 2.91. The average molecular weight is 278 g/mol. The van der Waals surface area contributed by atoms with E-state index in [2.05, 4.69) is 11.9 Å². The van der Waals surface area contributed by atoms with Gasteiger partial charge < -0.3 is 5.11 Å². The lowest BCUT2D eigenvalue weighted by Crippen LogP contribution is -2.15. The molecule has 0 saturated heterocycles. The second-order valence-electron chi connectivity index (χ2n) is 4.65. The van der Waals surface area contributed by atoms with Crippen LogP contribution < -0.4 is 5.56 Å². The van der Waals surface area contributed by atoms with Crippen molar-refractivity contribution in [2.45, 2.75) is 31.3 Å². The minimum absolute atomic E-state index is 0.0425. The van der Waals surface area contributed by atoms with E-state index in [9.17, 15) is 4.79 Å². The first-order chi connectivity index (χ1) is 9.10. The van der Waals surface area contributed by atoms with Gasteiger partial charge in [-0.15, -0.1) is 0 Å². The summed E-state index contributed by atoms with van der Waals surface area (Å²) in [6.07, 6.45) is 2.56. The number of aliphatic hydroxyl groups is 1. The predicted molar refractivity (Wildman–Crippen MR) is 78.7 cm³/mol. The van der Waals surface area contributed by atoms with Gasteiger partial charge in [0.15, 0.2) is 0 Å². The van der Waals surface area contributed by atoms with Crippen molar-refractivity contribution in [1.82, 2.24) is 9.38 Å². The maximum atomic E-state index is 12.0. The van der Waals surface area contributed by atoms with Crippen LogP contribution in [-0.4, -0.2) is 26.3 Å². The zero-order chi connectivity index (χ0) is 13.8. The molecule has 2 heterocycles. The molecule has 0 radical (unpaired) electrons. The van der Waals surface area contributed by atoms with E-state index in [4.69, 9.17) is 5.11 Å². The van der Waals surface area contributed by atoms with Gasteiger partial charge in [-0.25, -0.2) is 4.98 Å². The van der Waals surface area contributed by atoms with Crippen molar-refractivity contribution in [3.63, 3.8) is 0 Å². The van der Waals surface area contributed by atoms with Crippen LogP contribution in [-0.2, 0) is 5.75 Å². The molecule has 1 unspecified atom stereocenters. The van der Waals surface area contributed by atoms with Crippen LogP contribution in [0.3, 0.4) is 0 Å². The lowest BCUT2D eigenvalue weighted by Gasteiger charge is -2.09. The Bertz CT molecular complexity index is 624. The fourth-order valence-corrected chi connectivity index (χ4v) is 2.70. The molecule has 2 aromatic heterocycles. The Morgan fingerprint density at radius 3 is 3.00 bits per heavy atom. The number of hydrogen-bond acceptors (Lipinski definition) is 4. The normalized spacial score (nSPS) is 12.8. The Labute approximate surface area is 116 Å². The van der Waals surface area contributed by atoms with Crippen molar-refractivity contribution in [1.29, 1.82) is 0 Å². The number of aryl methyl sites for hydroxylation is 1. The Kier molecular flexibility index (Phi) is 4.61. The molecule has 0 aliphatic rings. The van der Waals surface area contributed by atoms with Gasteiger partial charge in [0, 0.05) is 29.9 Å². The molecule has 19 heavy (non-hydrogen) atoms. The highest BCUT2D eigenvalue weighted by Crippen LogP contribution is 2.18. The summed E-state index contributed by atoms with van der Waals surface area (Å²) in [6.45, 7) is 4.21. The highest BCUT2D eigenvalue weighted by Gasteiger charge is 2.06. The van der Waals surface area contributed by atoms with Gasteiger partial charge in [-0.2, -0.15) is 11.8 Å². The molecule has 4 nitrogen and oxygen atoms in total. The standard InChI is InChI=1S/C14H18N2O2S/c1-10-3-4-13-15-12(7-14(18)16(13)8-10)9-19-11(2)5-6-17/h3-4,7-8,11,17H,5-6,9H2,1-2H3. The number of pyridine rings is 1. The van der Waals surface area contributed by atoms with Gasteiger partial charge in [0.2, 0.25) is 0 Å². The van der Waals surface area contributed by atoms with Crippen molar-refractivity contribution < 1.29 is 5.11 Å². The first-order valence-electron chi connectivity index (χ1n) is 6.31.